The summed E-state index contributed by atoms with van der Waals surface area (Å²) < 4.78 is 0. The van der Waals surface area contributed by atoms with E-state index in [0.29, 0.717) is 0 Å². The number of carbonyl (C=O) groups is 2. The molecule has 0 saturated carbocycles. The molecule has 0 heterocycles. The third-order valence-corrected chi connectivity index (χ3v) is 1.40. The van der Waals surface area contributed by atoms with Crippen molar-refractivity contribution < 1.29 is 9.59 Å². The smallest absolute Gasteiger partial charge is 0.216 e. The fourth-order valence-electron chi connectivity index (χ4n) is 0.112. The van der Waals surface area contributed by atoms with Gasteiger partial charge in [-0.3, -0.25) is 14.6 Å². The van der Waals surface area contributed by atoms with Crippen LogP contribution in [0.1, 0.15) is 20.8 Å². The first-order valence-electron chi connectivity index (χ1n) is 4.83. The van der Waals surface area contributed by atoms with Crippen molar-refractivity contribution in [2.24, 2.45) is 4.99 Å². The Morgan fingerprint density at radius 2 is 1.06 bits per heavy atom. The highest BCUT2D eigenvalue weighted by Crippen LogP contribution is 1.59. The molecule has 0 aromatic heterocycles. The van der Waals surface area contributed by atoms with Crippen LogP contribution in [-0.2, 0) is 9.59 Å². The molecule has 0 rings (SSSR count). The largest absolute Gasteiger partial charge is 0.377 e. The molecule has 0 atom stereocenters. The second-order valence-electron chi connectivity index (χ2n) is 2.67. The molecule has 0 spiro atoms. The Morgan fingerprint density at radius 3 is 1.06 bits per heavy atom. The van der Waals surface area contributed by atoms with E-state index in [1.54, 1.807) is 21.1 Å². The summed E-state index contributed by atoms with van der Waals surface area (Å²) in [7, 11) is 6.80. The van der Waals surface area contributed by atoms with Crippen molar-refractivity contribution in [3.8, 4) is 0 Å². The van der Waals surface area contributed by atoms with Gasteiger partial charge in [0, 0.05) is 42.0 Å². The molecule has 6 nitrogen and oxygen atoms in total. The third kappa shape index (κ3) is 39.3. The monoisotopic (exact) mass is 232 g/mol. The first-order chi connectivity index (χ1) is 7.35. The minimum Gasteiger partial charge on any atom is -0.377 e. The van der Waals surface area contributed by atoms with Crippen molar-refractivity contribution in [1.82, 2.24) is 16.0 Å². The average Bonchev–Trinajstić information content (AvgIpc) is 2.29. The van der Waals surface area contributed by atoms with Crippen molar-refractivity contribution in [3.05, 3.63) is 0 Å². The maximum Gasteiger partial charge on any atom is 0.216 e. The summed E-state index contributed by atoms with van der Waals surface area (Å²) in [5.74, 6) is 0.977. The summed E-state index contributed by atoms with van der Waals surface area (Å²) >= 11 is 0. The number of amidine groups is 1. The van der Waals surface area contributed by atoms with Crippen LogP contribution in [0.5, 0.6) is 0 Å². The lowest BCUT2D eigenvalue weighted by molar-refractivity contribution is -0.119. The molecule has 0 aromatic carbocycles. The van der Waals surface area contributed by atoms with Crippen molar-refractivity contribution in [2.45, 2.75) is 20.8 Å². The van der Waals surface area contributed by atoms with Crippen LogP contribution in [0.4, 0.5) is 0 Å². The number of hydrogen-bond donors (Lipinski definition) is 3. The standard InChI is InChI=1S/C4H10N2.2C3H7NO/c1-4(5-2)6-3;2*1-3(5)4-2/h1-3H3,(H,5,6);2*1-2H3,(H,4,5). The molecule has 3 N–H and O–H groups in total. The third-order valence-electron chi connectivity index (χ3n) is 1.40. The number of carbonyl (C=O) groups excluding carboxylic acids is 2. The van der Waals surface area contributed by atoms with Gasteiger partial charge in [0.25, 0.3) is 0 Å². The van der Waals surface area contributed by atoms with Gasteiger partial charge in [-0.05, 0) is 6.92 Å². The van der Waals surface area contributed by atoms with Gasteiger partial charge in [0.05, 0.1) is 5.84 Å². The first kappa shape index (κ1) is 19.9. The fourth-order valence-corrected chi connectivity index (χ4v) is 0.112. The Labute approximate surface area is 97.9 Å². The van der Waals surface area contributed by atoms with Crippen LogP contribution < -0.4 is 16.0 Å². The minimum absolute atomic E-state index is 0.00463. The van der Waals surface area contributed by atoms with E-state index in [-0.39, 0.29) is 11.8 Å². The van der Waals surface area contributed by atoms with Gasteiger partial charge in [0.1, 0.15) is 0 Å². The Balaban J connectivity index is -0.000000160. The number of aliphatic imine (C=N–C) groups is 1. The molecule has 0 aliphatic carbocycles. The van der Waals surface area contributed by atoms with E-state index < -0.39 is 0 Å². The zero-order chi connectivity index (χ0) is 13.6. The normalized spacial score (nSPS) is 8.56. The van der Waals surface area contributed by atoms with Gasteiger partial charge in [-0.1, -0.05) is 0 Å². The summed E-state index contributed by atoms with van der Waals surface area (Å²) in [5.41, 5.74) is 0. The molecule has 0 radical (unpaired) electrons. The van der Waals surface area contributed by atoms with E-state index >= 15 is 0 Å². The summed E-state index contributed by atoms with van der Waals surface area (Å²) in [6.07, 6.45) is 0. The molecular formula is C10H24N4O2. The number of nitrogens with one attached hydrogen (secondary N) is 3. The van der Waals surface area contributed by atoms with E-state index in [1.807, 2.05) is 14.0 Å². The highest BCUT2D eigenvalue weighted by atomic mass is 16.1. The van der Waals surface area contributed by atoms with Crippen LogP contribution >= 0.6 is 0 Å². The Bertz CT molecular complexity index is 201. The molecular weight excluding hydrogens is 208 g/mol. The highest BCUT2D eigenvalue weighted by Gasteiger charge is 1.73. The molecule has 6 heteroatoms. The lowest BCUT2D eigenvalue weighted by Crippen LogP contribution is -2.12. The lowest BCUT2D eigenvalue weighted by Gasteiger charge is -1.90. The summed E-state index contributed by atoms with van der Waals surface area (Å²) in [5, 5.41) is 7.64. The number of nitrogens with zero attached hydrogens (tertiary/aromatic N) is 1. The summed E-state index contributed by atoms with van der Waals surface area (Å²) in [4.78, 5) is 23.2. The van der Waals surface area contributed by atoms with Crippen LogP contribution in [0, 0.1) is 0 Å². The first-order valence-corrected chi connectivity index (χ1v) is 4.83. The molecule has 16 heavy (non-hydrogen) atoms. The number of rotatable bonds is 0. The second kappa shape index (κ2) is 15.9. The molecule has 2 amide bonds. The van der Waals surface area contributed by atoms with Gasteiger partial charge < -0.3 is 16.0 Å². The molecule has 0 aliphatic rings. The summed E-state index contributed by atoms with van der Waals surface area (Å²) in [6.45, 7) is 4.86. The SMILES string of the molecule is CN=C(C)NC.CNC(C)=O.CNC(C)=O. The van der Waals surface area contributed by atoms with Gasteiger partial charge in [0.2, 0.25) is 11.8 Å². The van der Waals surface area contributed by atoms with E-state index in [2.05, 4.69) is 20.9 Å². The van der Waals surface area contributed by atoms with E-state index in [0.717, 1.165) is 5.84 Å². The van der Waals surface area contributed by atoms with Gasteiger partial charge >= 0.3 is 0 Å². The topological polar surface area (TPSA) is 82.6 Å². The van der Waals surface area contributed by atoms with E-state index in [1.165, 1.54) is 13.8 Å². The number of amides is 2. The average molecular weight is 232 g/mol. The van der Waals surface area contributed by atoms with Crippen LogP contribution in [0.15, 0.2) is 4.99 Å². The predicted octanol–water partition coefficient (Wildman–Crippen LogP) is -0.241. The number of hydrogen-bond acceptors (Lipinski definition) is 3. The second-order valence-corrected chi connectivity index (χ2v) is 2.67. The Hall–Kier alpha value is -1.59. The van der Waals surface area contributed by atoms with Crippen LogP contribution in [-0.4, -0.2) is 45.8 Å². The maximum atomic E-state index is 9.70. The molecule has 0 fully saturated rings. The minimum atomic E-state index is 0.00463. The molecule has 0 unspecified atom stereocenters. The van der Waals surface area contributed by atoms with Crippen molar-refractivity contribution in [3.63, 3.8) is 0 Å². The van der Waals surface area contributed by atoms with Crippen LogP contribution in [0.3, 0.4) is 0 Å². The van der Waals surface area contributed by atoms with Gasteiger partial charge in [-0.15, -0.1) is 0 Å². The molecule has 0 aliphatic heterocycles. The predicted molar refractivity (Wildman–Crippen MR) is 67.6 cm³/mol. The van der Waals surface area contributed by atoms with Crippen LogP contribution in [0.2, 0.25) is 0 Å². The van der Waals surface area contributed by atoms with Crippen molar-refractivity contribution in [1.29, 1.82) is 0 Å². The highest BCUT2D eigenvalue weighted by molar-refractivity contribution is 5.78. The quantitative estimate of drug-likeness (QED) is 0.398. The van der Waals surface area contributed by atoms with Gasteiger partial charge in [-0.25, -0.2) is 0 Å². The van der Waals surface area contributed by atoms with Crippen molar-refractivity contribution >= 4 is 17.6 Å². The Morgan fingerprint density at radius 1 is 0.812 bits per heavy atom. The Kier molecular flexibility index (Phi) is 19.7. The van der Waals surface area contributed by atoms with E-state index in [4.69, 9.17) is 0 Å². The van der Waals surface area contributed by atoms with Crippen LogP contribution in [0.25, 0.3) is 0 Å². The lowest BCUT2D eigenvalue weighted by atomic mass is 10.7. The van der Waals surface area contributed by atoms with Gasteiger partial charge in [0.15, 0.2) is 0 Å². The summed E-state index contributed by atoms with van der Waals surface area (Å²) in [6, 6.07) is 0. The molecule has 0 saturated heterocycles. The molecule has 0 aromatic rings. The van der Waals surface area contributed by atoms with E-state index in [9.17, 15) is 9.59 Å². The zero-order valence-corrected chi connectivity index (χ0v) is 11.3. The molecule has 0 bridgehead atoms. The molecule has 96 valence electrons. The maximum absolute atomic E-state index is 9.70. The zero-order valence-electron chi connectivity index (χ0n) is 11.3. The fraction of sp³-hybridized carbons (Fsp3) is 0.700. The van der Waals surface area contributed by atoms with Gasteiger partial charge in [-0.2, -0.15) is 0 Å². The van der Waals surface area contributed by atoms with Crippen molar-refractivity contribution in [2.75, 3.05) is 28.2 Å².